The Morgan fingerprint density at radius 1 is 1.19 bits per heavy atom. The van der Waals surface area contributed by atoms with Gasteiger partial charge in [0.15, 0.2) is 0 Å². The minimum Gasteiger partial charge on any atom is -0.314 e. The van der Waals surface area contributed by atoms with E-state index in [2.05, 4.69) is 5.32 Å². The molecule has 1 N–H and O–H groups in total. The van der Waals surface area contributed by atoms with Gasteiger partial charge >= 0.3 is 0 Å². The molecule has 2 rings (SSSR count). The highest BCUT2D eigenvalue weighted by atomic mass is 35.5. The molecule has 2 amide bonds. The van der Waals surface area contributed by atoms with Crippen molar-refractivity contribution in [2.24, 2.45) is 0 Å². The van der Waals surface area contributed by atoms with Crippen molar-refractivity contribution < 1.29 is 9.59 Å². The summed E-state index contributed by atoms with van der Waals surface area (Å²) < 4.78 is 0. The number of piperidine rings is 1. The normalized spacial score (nSPS) is 25.8. The van der Waals surface area contributed by atoms with Gasteiger partial charge in [-0.3, -0.25) is 14.5 Å². The molecule has 92 valence electrons. The van der Waals surface area contributed by atoms with E-state index in [4.69, 9.17) is 0 Å². The third-order valence-corrected chi connectivity index (χ3v) is 3.27. The second-order valence-corrected chi connectivity index (χ2v) is 4.37. The average Bonchev–Trinajstić information content (AvgIpc) is 2.58. The zero-order valence-electron chi connectivity index (χ0n) is 9.41. The van der Waals surface area contributed by atoms with Gasteiger partial charge in [-0.25, -0.2) is 0 Å². The van der Waals surface area contributed by atoms with Gasteiger partial charge in [0.2, 0.25) is 11.8 Å². The lowest BCUT2D eigenvalue weighted by molar-refractivity contribution is -0.138. The van der Waals surface area contributed by atoms with Crippen LogP contribution in [0.2, 0.25) is 0 Å². The molecule has 1 unspecified atom stereocenters. The second kappa shape index (κ2) is 6.21. The summed E-state index contributed by atoms with van der Waals surface area (Å²) in [7, 11) is 0. The van der Waals surface area contributed by atoms with Crippen molar-refractivity contribution in [3.05, 3.63) is 0 Å². The second-order valence-electron chi connectivity index (χ2n) is 4.37. The summed E-state index contributed by atoms with van der Waals surface area (Å²) >= 11 is 0. The van der Waals surface area contributed by atoms with Crippen molar-refractivity contribution in [1.29, 1.82) is 0 Å². The first-order valence-corrected chi connectivity index (χ1v) is 5.84. The van der Waals surface area contributed by atoms with Gasteiger partial charge in [0.05, 0.1) is 0 Å². The molecule has 0 aromatic rings. The van der Waals surface area contributed by atoms with Crippen LogP contribution in [0.5, 0.6) is 0 Å². The topological polar surface area (TPSA) is 49.4 Å². The number of carbonyl (C=O) groups is 2. The first kappa shape index (κ1) is 13.5. The molecule has 0 bridgehead atoms. The molecule has 0 aliphatic carbocycles. The fraction of sp³-hybridized carbons (Fsp3) is 0.818. The Morgan fingerprint density at radius 3 is 2.44 bits per heavy atom. The lowest BCUT2D eigenvalue weighted by atomic mass is 10.0. The van der Waals surface area contributed by atoms with Crippen LogP contribution in [-0.2, 0) is 9.59 Å². The van der Waals surface area contributed by atoms with Gasteiger partial charge in [0.25, 0.3) is 0 Å². The van der Waals surface area contributed by atoms with Gasteiger partial charge in [-0.05, 0) is 25.8 Å². The van der Waals surface area contributed by atoms with Gasteiger partial charge in [-0.1, -0.05) is 6.42 Å². The van der Waals surface area contributed by atoms with Crippen LogP contribution < -0.4 is 5.32 Å². The quantitative estimate of drug-likeness (QED) is 0.759. The van der Waals surface area contributed by atoms with E-state index in [1.807, 2.05) is 0 Å². The van der Waals surface area contributed by atoms with E-state index in [1.165, 1.54) is 24.2 Å². The number of nitrogens with zero attached hydrogens (tertiary/aromatic N) is 1. The summed E-state index contributed by atoms with van der Waals surface area (Å²) in [6.45, 7) is 1.68. The summed E-state index contributed by atoms with van der Waals surface area (Å²) in [6.07, 6.45) is 5.43. The third-order valence-electron chi connectivity index (χ3n) is 3.27. The molecule has 5 heteroatoms. The van der Waals surface area contributed by atoms with Crippen LogP contribution in [0, 0.1) is 0 Å². The van der Waals surface area contributed by atoms with E-state index in [1.54, 1.807) is 0 Å². The molecule has 2 saturated heterocycles. The van der Waals surface area contributed by atoms with Crippen molar-refractivity contribution in [3.63, 3.8) is 0 Å². The van der Waals surface area contributed by atoms with E-state index in [0.717, 1.165) is 13.0 Å². The smallest absolute Gasteiger partial charge is 0.229 e. The maximum absolute atomic E-state index is 11.3. The lowest BCUT2D eigenvalue weighted by Crippen LogP contribution is -2.38. The van der Waals surface area contributed by atoms with Gasteiger partial charge in [0.1, 0.15) is 0 Å². The third kappa shape index (κ3) is 3.19. The van der Waals surface area contributed by atoms with Crippen LogP contribution in [0.4, 0.5) is 0 Å². The summed E-state index contributed by atoms with van der Waals surface area (Å²) in [5.74, 6) is 0.0200. The van der Waals surface area contributed by atoms with Crippen LogP contribution in [-0.4, -0.2) is 35.8 Å². The highest BCUT2D eigenvalue weighted by Crippen LogP contribution is 2.15. The Morgan fingerprint density at radius 2 is 1.88 bits per heavy atom. The molecule has 0 saturated carbocycles. The number of halogens is 1. The van der Waals surface area contributed by atoms with Crippen LogP contribution in [0.25, 0.3) is 0 Å². The zero-order valence-corrected chi connectivity index (χ0v) is 10.2. The first-order valence-electron chi connectivity index (χ1n) is 5.84. The molecule has 16 heavy (non-hydrogen) atoms. The van der Waals surface area contributed by atoms with Crippen LogP contribution in [0.1, 0.15) is 38.5 Å². The predicted molar refractivity (Wildman–Crippen MR) is 63.5 cm³/mol. The van der Waals surface area contributed by atoms with Gasteiger partial charge in [0, 0.05) is 25.4 Å². The number of rotatable bonds is 3. The van der Waals surface area contributed by atoms with E-state index < -0.39 is 0 Å². The molecule has 4 nitrogen and oxygen atoms in total. The molecule has 0 spiro atoms. The number of hydrogen-bond donors (Lipinski definition) is 1. The van der Waals surface area contributed by atoms with E-state index in [9.17, 15) is 9.59 Å². The lowest BCUT2D eigenvalue weighted by Gasteiger charge is -2.25. The van der Waals surface area contributed by atoms with Crippen LogP contribution in [0.15, 0.2) is 0 Å². The molecule has 0 aromatic carbocycles. The Hall–Kier alpha value is -0.610. The largest absolute Gasteiger partial charge is 0.314 e. The Bertz CT molecular complexity index is 249. The molecule has 2 aliphatic rings. The number of amides is 2. The summed E-state index contributed by atoms with van der Waals surface area (Å²) in [5, 5.41) is 3.42. The Balaban J connectivity index is 0.00000128. The molecule has 2 fully saturated rings. The van der Waals surface area contributed by atoms with Crippen molar-refractivity contribution in [1.82, 2.24) is 10.2 Å². The standard InChI is InChI=1S/C11H18N2O2.ClH/c14-10-4-5-11(15)13(10)8-6-9-3-1-2-7-12-9;/h9,12H,1-8H2;1H. The Labute approximate surface area is 102 Å². The zero-order chi connectivity index (χ0) is 10.7. The molecular weight excluding hydrogens is 228 g/mol. The minimum absolute atomic E-state index is 0. The molecule has 0 radical (unpaired) electrons. The average molecular weight is 247 g/mol. The van der Waals surface area contributed by atoms with Crippen molar-refractivity contribution in [2.45, 2.75) is 44.6 Å². The van der Waals surface area contributed by atoms with Crippen molar-refractivity contribution >= 4 is 24.2 Å². The highest BCUT2D eigenvalue weighted by Gasteiger charge is 2.29. The summed E-state index contributed by atoms with van der Waals surface area (Å²) in [5.41, 5.74) is 0. The molecular formula is C11H19ClN2O2. The number of likely N-dealkylation sites (tertiary alicyclic amines) is 1. The molecule has 0 aromatic heterocycles. The van der Waals surface area contributed by atoms with Crippen molar-refractivity contribution in [2.75, 3.05) is 13.1 Å². The van der Waals surface area contributed by atoms with E-state index >= 15 is 0 Å². The monoisotopic (exact) mass is 246 g/mol. The molecule has 2 aliphatic heterocycles. The highest BCUT2D eigenvalue weighted by molar-refractivity contribution is 6.01. The van der Waals surface area contributed by atoms with Crippen LogP contribution >= 0.6 is 12.4 Å². The fourth-order valence-corrected chi connectivity index (χ4v) is 2.33. The van der Waals surface area contributed by atoms with Gasteiger partial charge in [-0.15, -0.1) is 12.4 Å². The SMILES string of the molecule is Cl.O=C1CCC(=O)N1CCC1CCCCN1. The Kier molecular flexibility index (Phi) is 5.22. The van der Waals surface area contributed by atoms with Crippen molar-refractivity contribution in [3.8, 4) is 0 Å². The first-order chi connectivity index (χ1) is 7.27. The number of imide groups is 1. The predicted octanol–water partition coefficient (Wildman–Crippen LogP) is 1.09. The van der Waals surface area contributed by atoms with Crippen LogP contribution in [0.3, 0.4) is 0 Å². The molecule has 1 atom stereocenters. The number of hydrogen-bond acceptors (Lipinski definition) is 3. The summed E-state index contributed by atoms with van der Waals surface area (Å²) in [4.78, 5) is 24.1. The molecule has 2 heterocycles. The van der Waals surface area contributed by atoms with Gasteiger partial charge < -0.3 is 5.32 Å². The minimum atomic E-state index is 0. The maximum atomic E-state index is 11.3. The van der Waals surface area contributed by atoms with E-state index in [0.29, 0.717) is 25.4 Å². The van der Waals surface area contributed by atoms with E-state index in [-0.39, 0.29) is 24.2 Å². The fourth-order valence-electron chi connectivity index (χ4n) is 2.33. The van der Waals surface area contributed by atoms with Gasteiger partial charge in [-0.2, -0.15) is 0 Å². The number of carbonyl (C=O) groups excluding carboxylic acids is 2. The number of nitrogens with one attached hydrogen (secondary N) is 1. The maximum Gasteiger partial charge on any atom is 0.229 e. The summed E-state index contributed by atoms with van der Waals surface area (Å²) in [6, 6.07) is 0.500.